The van der Waals surface area contributed by atoms with Gasteiger partial charge in [0.15, 0.2) is 0 Å². The molecule has 4 N–H and O–H groups in total. The summed E-state index contributed by atoms with van der Waals surface area (Å²) in [4.78, 5) is 14.1. The number of anilines is 2. The van der Waals surface area contributed by atoms with Gasteiger partial charge >= 0.3 is 0 Å². The number of thiophene rings is 1. The van der Waals surface area contributed by atoms with E-state index >= 15 is 0 Å². The molecule has 0 saturated carbocycles. The molecule has 0 fully saturated rings. The van der Waals surface area contributed by atoms with Crippen molar-refractivity contribution in [1.29, 1.82) is 5.26 Å². The summed E-state index contributed by atoms with van der Waals surface area (Å²) in [6.07, 6.45) is 0.493. The molecule has 0 spiro atoms. The standard InChI is InChI=1S/C26H21FN4OS/c1-14-9-10-20(27)24(29)23(14)21-11-18-19(12-28)26(33-22(18)13-30-21)31-25(32)17-8-4-6-15-5-2-3-7-16(15)17/h2-10,21,30H,11,13,29H2,1H3,(H,31,32). The Morgan fingerprint density at radius 2 is 2.00 bits per heavy atom. The Balaban J connectivity index is 1.48. The lowest BCUT2D eigenvalue weighted by molar-refractivity contribution is 0.102. The number of aryl methyl sites for hydroxylation is 1. The molecule has 164 valence electrons. The van der Waals surface area contributed by atoms with E-state index in [0.29, 0.717) is 29.1 Å². The van der Waals surface area contributed by atoms with Crippen molar-refractivity contribution in [1.82, 2.24) is 5.32 Å². The minimum absolute atomic E-state index is 0.133. The summed E-state index contributed by atoms with van der Waals surface area (Å²) >= 11 is 1.40. The minimum atomic E-state index is -0.447. The van der Waals surface area contributed by atoms with Crippen molar-refractivity contribution in [2.75, 3.05) is 11.1 Å². The normalized spacial score (nSPS) is 15.1. The van der Waals surface area contributed by atoms with Gasteiger partial charge in [-0.3, -0.25) is 4.79 Å². The van der Waals surface area contributed by atoms with Crippen LogP contribution in [0.25, 0.3) is 10.8 Å². The van der Waals surface area contributed by atoms with Crippen LogP contribution in [0.1, 0.15) is 43.5 Å². The molecule has 0 aliphatic carbocycles. The van der Waals surface area contributed by atoms with Crippen molar-refractivity contribution in [3.8, 4) is 6.07 Å². The summed E-state index contributed by atoms with van der Waals surface area (Å²) in [6, 6.07) is 18.4. The summed E-state index contributed by atoms with van der Waals surface area (Å²) in [6.45, 7) is 2.41. The number of nitriles is 1. The molecule has 0 radical (unpaired) electrons. The molecule has 4 aromatic rings. The maximum absolute atomic E-state index is 14.1. The smallest absolute Gasteiger partial charge is 0.256 e. The summed E-state index contributed by atoms with van der Waals surface area (Å²) in [5, 5.41) is 18.7. The van der Waals surface area contributed by atoms with Crippen LogP contribution in [0.15, 0.2) is 54.6 Å². The van der Waals surface area contributed by atoms with Crippen molar-refractivity contribution < 1.29 is 9.18 Å². The molecule has 33 heavy (non-hydrogen) atoms. The van der Waals surface area contributed by atoms with E-state index in [0.717, 1.165) is 32.3 Å². The van der Waals surface area contributed by atoms with Crippen molar-refractivity contribution >= 4 is 38.7 Å². The van der Waals surface area contributed by atoms with Crippen molar-refractivity contribution in [3.63, 3.8) is 0 Å². The second-order valence-electron chi connectivity index (χ2n) is 8.13. The number of hydrogen-bond donors (Lipinski definition) is 3. The maximum atomic E-state index is 14.1. The number of nitrogen functional groups attached to an aromatic ring is 1. The van der Waals surface area contributed by atoms with E-state index in [2.05, 4.69) is 16.7 Å². The van der Waals surface area contributed by atoms with E-state index in [4.69, 9.17) is 5.73 Å². The van der Waals surface area contributed by atoms with Crippen LogP contribution in [0.5, 0.6) is 0 Å². The van der Waals surface area contributed by atoms with Crippen LogP contribution in [0.4, 0.5) is 15.1 Å². The van der Waals surface area contributed by atoms with Gasteiger partial charge in [0, 0.05) is 23.0 Å². The van der Waals surface area contributed by atoms with Crippen LogP contribution >= 0.6 is 11.3 Å². The number of amides is 1. The SMILES string of the molecule is Cc1ccc(F)c(N)c1C1Cc2c(sc(NC(=O)c3cccc4ccccc34)c2C#N)CN1. The molecule has 1 amide bonds. The highest BCUT2D eigenvalue weighted by Gasteiger charge is 2.29. The highest BCUT2D eigenvalue weighted by molar-refractivity contribution is 7.16. The number of nitrogens with one attached hydrogen (secondary N) is 2. The molecule has 3 aromatic carbocycles. The molecular weight excluding hydrogens is 435 g/mol. The Kier molecular flexibility index (Phi) is 5.33. The second-order valence-corrected chi connectivity index (χ2v) is 9.23. The summed E-state index contributed by atoms with van der Waals surface area (Å²) < 4.78 is 14.1. The van der Waals surface area contributed by atoms with Crippen molar-refractivity contribution in [3.05, 3.63) is 93.1 Å². The van der Waals surface area contributed by atoms with E-state index in [1.54, 1.807) is 12.1 Å². The minimum Gasteiger partial charge on any atom is -0.396 e. The number of rotatable bonds is 3. The molecule has 0 saturated heterocycles. The number of halogens is 1. The van der Waals surface area contributed by atoms with Crippen LogP contribution < -0.4 is 16.4 Å². The van der Waals surface area contributed by atoms with Crippen molar-refractivity contribution in [2.24, 2.45) is 0 Å². The first-order valence-electron chi connectivity index (χ1n) is 10.6. The van der Waals surface area contributed by atoms with E-state index in [-0.39, 0.29) is 17.6 Å². The lowest BCUT2D eigenvalue weighted by Crippen LogP contribution is -2.29. The van der Waals surface area contributed by atoms with Crippen LogP contribution in [-0.4, -0.2) is 5.91 Å². The molecule has 1 aliphatic rings. The third kappa shape index (κ3) is 3.63. The number of hydrogen-bond acceptors (Lipinski definition) is 5. The highest BCUT2D eigenvalue weighted by Crippen LogP contribution is 2.40. The maximum Gasteiger partial charge on any atom is 0.256 e. The highest BCUT2D eigenvalue weighted by atomic mass is 32.1. The van der Waals surface area contributed by atoms with E-state index in [1.807, 2.05) is 43.3 Å². The predicted molar refractivity (Wildman–Crippen MR) is 130 cm³/mol. The summed E-state index contributed by atoms with van der Waals surface area (Å²) in [5.74, 6) is -0.700. The van der Waals surface area contributed by atoms with Gasteiger partial charge in [-0.05, 0) is 52.9 Å². The first kappa shape index (κ1) is 21.1. The number of nitrogens with zero attached hydrogens (tertiary/aromatic N) is 1. The fourth-order valence-corrected chi connectivity index (χ4v) is 5.67. The summed E-state index contributed by atoms with van der Waals surface area (Å²) in [7, 11) is 0. The number of benzene rings is 3. The van der Waals surface area contributed by atoms with Gasteiger partial charge in [0.25, 0.3) is 5.91 Å². The molecule has 1 aliphatic heterocycles. The average molecular weight is 457 g/mol. The number of nitrogens with two attached hydrogens (primary N) is 1. The average Bonchev–Trinajstić information content (AvgIpc) is 3.17. The molecule has 0 bridgehead atoms. The quantitative estimate of drug-likeness (QED) is 0.358. The van der Waals surface area contributed by atoms with Gasteiger partial charge in [0.2, 0.25) is 0 Å². The van der Waals surface area contributed by atoms with E-state index < -0.39 is 5.82 Å². The first-order valence-corrected chi connectivity index (χ1v) is 11.4. The summed E-state index contributed by atoms with van der Waals surface area (Å²) in [5.41, 5.74) is 9.70. The Labute approximate surface area is 194 Å². The van der Waals surface area contributed by atoms with Gasteiger partial charge in [0.05, 0.1) is 11.3 Å². The molecule has 5 nitrogen and oxygen atoms in total. The first-order chi connectivity index (χ1) is 16.0. The lowest BCUT2D eigenvalue weighted by Gasteiger charge is -2.27. The Hall–Kier alpha value is -3.73. The fraction of sp³-hybridized carbons (Fsp3) is 0.154. The lowest BCUT2D eigenvalue weighted by atomic mass is 9.90. The second kappa shape index (κ2) is 8.32. The third-order valence-electron chi connectivity index (χ3n) is 6.18. The molecule has 7 heteroatoms. The zero-order valence-electron chi connectivity index (χ0n) is 17.9. The third-order valence-corrected chi connectivity index (χ3v) is 7.33. The van der Waals surface area contributed by atoms with Crippen LogP contribution in [0.2, 0.25) is 0 Å². The van der Waals surface area contributed by atoms with Crippen molar-refractivity contribution in [2.45, 2.75) is 25.9 Å². The Bertz CT molecular complexity index is 1450. The van der Waals surface area contributed by atoms with E-state index in [9.17, 15) is 14.4 Å². The largest absolute Gasteiger partial charge is 0.396 e. The van der Waals surface area contributed by atoms with Gasteiger partial charge in [-0.15, -0.1) is 11.3 Å². The number of fused-ring (bicyclic) bond motifs is 2. The van der Waals surface area contributed by atoms with E-state index in [1.165, 1.54) is 17.4 Å². The Morgan fingerprint density at radius 1 is 1.21 bits per heavy atom. The monoisotopic (exact) mass is 456 g/mol. The molecule has 1 aromatic heterocycles. The fourth-order valence-electron chi connectivity index (χ4n) is 4.55. The predicted octanol–water partition coefficient (Wildman–Crippen LogP) is 5.44. The Morgan fingerprint density at radius 3 is 2.82 bits per heavy atom. The zero-order valence-corrected chi connectivity index (χ0v) is 18.7. The number of carbonyl (C=O) groups is 1. The number of carbonyl (C=O) groups excluding carboxylic acids is 1. The molecular formula is C26H21FN4OS. The van der Waals surface area contributed by atoms with Gasteiger partial charge in [0.1, 0.15) is 16.9 Å². The van der Waals surface area contributed by atoms with Gasteiger partial charge in [-0.1, -0.05) is 42.5 Å². The molecule has 1 unspecified atom stereocenters. The van der Waals surface area contributed by atoms with Crippen LogP contribution in [0.3, 0.4) is 0 Å². The van der Waals surface area contributed by atoms with Crippen LogP contribution in [-0.2, 0) is 13.0 Å². The van der Waals surface area contributed by atoms with Crippen LogP contribution in [0, 0.1) is 24.1 Å². The van der Waals surface area contributed by atoms with Gasteiger partial charge in [-0.25, -0.2) is 4.39 Å². The van der Waals surface area contributed by atoms with Gasteiger partial charge in [-0.2, -0.15) is 5.26 Å². The molecule has 5 rings (SSSR count). The molecule has 2 heterocycles. The zero-order chi connectivity index (χ0) is 23.1. The topological polar surface area (TPSA) is 90.9 Å². The van der Waals surface area contributed by atoms with Gasteiger partial charge < -0.3 is 16.4 Å². The molecule has 1 atom stereocenters.